The number of hydroxylamine groups is 1. The summed E-state index contributed by atoms with van der Waals surface area (Å²) in [7, 11) is 0. The number of hydrogen-bond donors (Lipinski definition) is 3. The highest BCUT2D eigenvalue weighted by molar-refractivity contribution is 5.85. The van der Waals surface area contributed by atoms with Crippen molar-refractivity contribution in [2.24, 2.45) is 0 Å². The maximum absolute atomic E-state index is 11.6. The number of carboxylic acids is 1. The number of nitrogens with one attached hydrogen (secondary N) is 2. The van der Waals surface area contributed by atoms with E-state index in [0.29, 0.717) is 0 Å². The minimum atomic E-state index is -1.11. The van der Waals surface area contributed by atoms with Crippen molar-refractivity contribution in [2.75, 3.05) is 13.2 Å². The topological polar surface area (TPSA) is 87.7 Å². The molecule has 1 rings (SSSR count). The molecule has 15 heavy (non-hydrogen) atoms. The van der Waals surface area contributed by atoms with Gasteiger partial charge in [0.15, 0.2) is 6.61 Å². The number of carbonyl (C=O) groups is 2. The molecule has 3 N–H and O–H groups in total. The monoisotopic (exact) mass is 216 g/mol. The van der Waals surface area contributed by atoms with Crippen LogP contribution in [0, 0.1) is 0 Å². The molecule has 1 heterocycles. The first-order chi connectivity index (χ1) is 7.04. The van der Waals surface area contributed by atoms with Crippen LogP contribution in [0.15, 0.2) is 0 Å². The largest absolute Gasteiger partial charge is 0.479 e. The summed E-state index contributed by atoms with van der Waals surface area (Å²) in [6.45, 7) is 2.05. The summed E-state index contributed by atoms with van der Waals surface area (Å²) in [5.41, 5.74) is 1.50. The maximum Gasteiger partial charge on any atom is 0.332 e. The van der Waals surface area contributed by atoms with Crippen molar-refractivity contribution in [3.63, 3.8) is 0 Å². The fourth-order valence-corrected chi connectivity index (χ4v) is 1.53. The van der Waals surface area contributed by atoms with Crippen LogP contribution in [0.25, 0.3) is 0 Å². The highest BCUT2D eigenvalue weighted by atomic mass is 16.7. The van der Waals surface area contributed by atoms with Crippen LogP contribution >= 0.6 is 0 Å². The van der Waals surface area contributed by atoms with E-state index in [4.69, 9.17) is 5.11 Å². The van der Waals surface area contributed by atoms with Crippen molar-refractivity contribution in [3.05, 3.63) is 0 Å². The van der Waals surface area contributed by atoms with E-state index in [1.165, 1.54) is 0 Å². The number of piperidine rings is 1. The van der Waals surface area contributed by atoms with Crippen molar-refractivity contribution in [1.82, 2.24) is 10.8 Å². The lowest BCUT2D eigenvalue weighted by molar-refractivity contribution is -0.152. The van der Waals surface area contributed by atoms with Gasteiger partial charge in [0.1, 0.15) is 0 Å². The number of carbonyl (C=O) groups excluding carboxylic acids is 1. The van der Waals surface area contributed by atoms with Gasteiger partial charge in [-0.05, 0) is 32.7 Å². The molecule has 1 aliphatic rings. The Labute approximate surface area is 87.9 Å². The molecule has 0 bridgehead atoms. The fraction of sp³-hybridized carbons (Fsp3) is 0.778. The number of hydrogen-bond acceptors (Lipinski definition) is 4. The zero-order valence-electron chi connectivity index (χ0n) is 8.71. The second-order valence-electron chi connectivity index (χ2n) is 3.83. The van der Waals surface area contributed by atoms with Gasteiger partial charge in [0.25, 0.3) is 5.91 Å². The highest BCUT2D eigenvalue weighted by Crippen LogP contribution is 2.18. The average Bonchev–Trinajstić information content (AvgIpc) is 2.18. The van der Waals surface area contributed by atoms with Gasteiger partial charge >= 0.3 is 5.97 Å². The Morgan fingerprint density at radius 2 is 2.27 bits per heavy atom. The van der Waals surface area contributed by atoms with Crippen molar-refractivity contribution in [2.45, 2.75) is 31.7 Å². The molecular weight excluding hydrogens is 200 g/mol. The summed E-state index contributed by atoms with van der Waals surface area (Å²) >= 11 is 0. The Hall–Kier alpha value is -1.14. The summed E-state index contributed by atoms with van der Waals surface area (Å²) in [6, 6.07) is 0. The van der Waals surface area contributed by atoms with Crippen LogP contribution in [-0.4, -0.2) is 35.7 Å². The van der Waals surface area contributed by atoms with Crippen LogP contribution in [0.3, 0.4) is 0 Å². The quantitative estimate of drug-likeness (QED) is 0.559. The van der Waals surface area contributed by atoms with Gasteiger partial charge in [-0.3, -0.25) is 9.63 Å². The van der Waals surface area contributed by atoms with E-state index in [0.717, 1.165) is 25.8 Å². The summed E-state index contributed by atoms with van der Waals surface area (Å²) in [5.74, 6) is -1.43. The van der Waals surface area contributed by atoms with Gasteiger partial charge in [-0.25, -0.2) is 10.3 Å². The molecule has 1 unspecified atom stereocenters. The third-order valence-electron chi connectivity index (χ3n) is 2.48. The molecule has 0 aliphatic carbocycles. The molecule has 1 atom stereocenters. The number of amides is 1. The summed E-state index contributed by atoms with van der Waals surface area (Å²) in [6.07, 6.45) is 2.77. The fourth-order valence-electron chi connectivity index (χ4n) is 1.53. The molecule has 0 radical (unpaired) electrons. The van der Waals surface area contributed by atoms with Crippen molar-refractivity contribution >= 4 is 11.9 Å². The predicted molar refractivity (Wildman–Crippen MR) is 52.0 cm³/mol. The maximum atomic E-state index is 11.6. The van der Waals surface area contributed by atoms with E-state index in [1.54, 1.807) is 6.92 Å². The highest BCUT2D eigenvalue weighted by Gasteiger charge is 2.34. The first-order valence-corrected chi connectivity index (χ1v) is 4.94. The molecule has 6 heteroatoms. The molecule has 0 aromatic rings. The van der Waals surface area contributed by atoms with Crippen molar-refractivity contribution in [1.29, 1.82) is 0 Å². The van der Waals surface area contributed by atoms with Crippen LogP contribution in [0.5, 0.6) is 0 Å². The number of rotatable bonds is 4. The lowest BCUT2D eigenvalue weighted by Crippen LogP contribution is -2.57. The smallest absolute Gasteiger partial charge is 0.332 e. The molecule has 1 amide bonds. The van der Waals surface area contributed by atoms with Gasteiger partial charge < -0.3 is 10.4 Å². The second-order valence-corrected chi connectivity index (χ2v) is 3.83. The zero-order valence-corrected chi connectivity index (χ0v) is 8.71. The Bertz CT molecular complexity index is 248. The third kappa shape index (κ3) is 3.49. The van der Waals surface area contributed by atoms with Crippen molar-refractivity contribution < 1.29 is 19.5 Å². The van der Waals surface area contributed by atoms with Crippen LogP contribution in [0.4, 0.5) is 0 Å². The first kappa shape index (κ1) is 11.9. The molecule has 0 aromatic carbocycles. The number of carboxylic acid groups (broad SMARTS) is 1. The molecule has 1 aliphatic heterocycles. The Morgan fingerprint density at radius 1 is 1.53 bits per heavy atom. The number of aliphatic carboxylic acids is 1. The van der Waals surface area contributed by atoms with E-state index >= 15 is 0 Å². The molecule has 6 nitrogen and oxygen atoms in total. The third-order valence-corrected chi connectivity index (χ3v) is 2.48. The van der Waals surface area contributed by atoms with Gasteiger partial charge in [-0.1, -0.05) is 0 Å². The Balaban J connectivity index is 2.34. The molecule has 86 valence electrons. The summed E-state index contributed by atoms with van der Waals surface area (Å²) in [4.78, 5) is 26.3. The first-order valence-electron chi connectivity index (χ1n) is 4.94. The zero-order chi connectivity index (χ0) is 11.3. The van der Waals surface area contributed by atoms with Gasteiger partial charge in [-0.2, -0.15) is 0 Å². The SMILES string of the molecule is CC1(C(=O)NOCC(=O)O)CCCCN1. The minimum Gasteiger partial charge on any atom is -0.479 e. The van der Waals surface area contributed by atoms with Crippen molar-refractivity contribution in [3.8, 4) is 0 Å². The van der Waals surface area contributed by atoms with E-state index in [9.17, 15) is 9.59 Å². The molecular formula is C9H16N2O4. The van der Waals surface area contributed by atoms with E-state index in [-0.39, 0.29) is 5.91 Å². The van der Waals surface area contributed by atoms with Crippen LogP contribution in [0.1, 0.15) is 26.2 Å². The Morgan fingerprint density at radius 3 is 2.80 bits per heavy atom. The Kier molecular flexibility index (Phi) is 4.05. The standard InChI is InChI=1S/C9H16N2O4/c1-9(4-2-3-5-10-9)8(14)11-15-6-7(12)13/h10H,2-6H2,1H3,(H,11,14)(H,12,13). The molecule has 1 saturated heterocycles. The van der Waals surface area contributed by atoms with E-state index in [2.05, 4.69) is 15.6 Å². The second kappa shape index (κ2) is 5.09. The van der Waals surface area contributed by atoms with E-state index in [1.807, 2.05) is 0 Å². The summed E-state index contributed by atoms with van der Waals surface area (Å²) in [5, 5.41) is 11.4. The molecule has 0 aromatic heterocycles. The van der Waals surface area contributed by atoms with Crippen LogP contribution in [-0.2, 0) is 14.4 Å². The molecule has 0 spiro atoms. The van der Waals surface area contributed by atoms with Gasteiger partial charge in [0.05, 0.1) is 5.54 Å². The lowest BCUT2D eigenvalue weighted by atomic mass is 9.90. The van der Waals surface area contributed by atoms with Gasteiger partial charge in [0.2, 0.25) is 0 Å². The van der Waals surface area contributed by atoms with Gasteiger partial charge in [-0.15, -0.1) is 0 Å². The summed E-state index contributed by atoms with van der Waals surface area (Å²) < 4.78 is 0. The lowest BCUT2D eigenvalue weighted by Gasteiger charge is -2.32. The van der Waals surface area contributed by atoms with Crippen LogP contribution < -0.4 is 10.8 Å². The normalized spacial score (nSPS) is 25.9. The minimum absolute atomic E-state index is 0.316. The van der Waals surface area contributed by atoms with E-state index < -0.39 is 18.1 Å². The molecule has 0 saturated carbocycles. The van der Waals surface area contributed by atoms with Gasteiger partial charge in [0, 0.05) is 0 Å². The predicted octanol–water partition coefficient (Wildman–Crippen LogP) is -0.349. The average molecular weight is 216 g/mol. The van der Waals surface area contributed by atoms with Crippen LogP contribution in [0.2, 0.25) is 0 Å². The molecule has 1 fully saturated rings.